The summed E-state index contributed by atoms with van der Waals surface area (Å²) in [7, 11) is 0. The van der Waals surface area contributed by atoms with Gasteiger partial charge in [-0.15, -0.1) is 0 Å². The first-order valence-electron chi connectivity index (χ1n) is 6.72. The summed E-state index contributed by atoms with van der Waals surface area (Å²) in [5.74, 6) is -1.03. The second kappa shape index (κ2) is 6.02. The molecule has 0 bridgehead atoms. The smallest absolute Gasteiger partial charge is 0.263 e. The van der Waals surface area contributed by atoms with Crippen LogP contribution in [-0.4, -0.2) is 17.4 Å². The Kier molecular flexibility index (Phi) is 4.09. The lowest BCUT2D eigenvalue weighted by molar-refractivity contribution is 0.0984. The van der Waals surface area contributed by atoms with Crippen molar-refractivity contribution in [2.75, 3.05) is 11.4 Å². The Morgan fingerprint density at radius 3 is 2.82 bits per heavy atom. The third-order valence-corrected chi connectivity index (χ3v) is 4.53. The number of halogens is 2. The SMILES string of the molecule is CCN(C(=O)c1cc(Cl)ccc1F)c1nc2ccccc2s1. The summed E-state index contributed by atoms with van der Waals surface area (Å²) < 4.78 is 14.9. The van der Waals surface area contributed by atoms with Gasteiger partial charge in [0.15, 0.2) is 5.13 Å². The van der Waals surface area contributed by atoms with Crippen molar-refractivity contribution in [3.63, 3.8) is 0 Å². The van der Waals surface area contributed by atoms with Crippen LogP contribution < -0.4 is 4.90 Å². The number of hydrogen-bond donors (Lipinski definition) is 0. The standard InChI is InChI=1S/C16H12ClFN2OS/c1-2-20(15(21)11-9-10(17)7-8-12(11)18)16-19-13-5-3-4-6-14(13)22-16/h3-9H,2H2,1H3. The van der Waals surface area contributed by atoms with Crippen molar-refractivity contribution < 1.29 is 9.18 Å². The first kappa shape index (κ1) is 14.9. The summed E-state index contributed by atoms with van der Waals surface area (Å²) in [5.41, 5.74) is 0.772. The van der Waals surface area contributed by atoms with Crippen LogP contribution in [0.4, 0.5) is 9.52 Å². The fourth-order valence-corrected chi connectivity index (χ4v) is 3.35. The van der Waals surface area contributed by atoms with Crippen LogP contribution in [0.5, 0.6) is 0 Å². The minimum Gasteiger partial charge on any atom is -0.284 e. The summed E-state index contributed by atoms with van der Waals surface area (Å²) in [4.78, 5) is 18.5. The Balaban J connectivity index is 2.03. The Hall–Kier alpha value is -1.98. The number of rotatable bonds is 3. The van der Waals surface area contributed by atoms with Crippen molar-refractivity contribution in [2.45, 2.75) is 6.92 Å². The minimum atomic E-state index is -0.589. The van der Waals surface area contributed by atoms with Gasteiger partial charge in [-0.2, -0.15) is 0 Å². The van der Waals surface area contributed by atoms with Gasteiger partial charge in [-0.1, -0.05) is 35.1 Å². The lowest BCUT2D eigenvalue weighted by Crippen LogP contribution is -2.31. The number of aromatic nitrogens is 1. The van der Waals surface area contributed by atoms with Crippen LogP contribution in [0.2, 0.25) is 5.02 Å². The highest BCUT2D eigenvalue weighted by atomic mass is 35.5. The molecule has 2 aromatic carbocycles. The molecule has 0 aliphatic rings. The number of amides is 1. The molecule has 1 aromatic heterocycles. The van der Waals surface area contributed by atoms with E-state index in [1.165, 1.54) is 34.4 Å². The predicted octanol–water partition coefficient (Wildman–Crippen LogP) is 4.76. The molecule has 3 nitrogen and oxygen atoms in total. The quantitative estimate of drug-likeness (QED) is 0.692. The highest BCUT2D eigenvalue weighted by molar-refractivity contribution is 7.22. The van der Waals surface area contributed by atoms with E-state index < -0.39 is 11.7 Å². The van der Waals surface area contributed by atoms with E-state index in [1.807, 2.05) is 31.2 Å². The van der Waals surface area contributed by atoms with Gasteiger partial charge < -0.3 is 0 Å². The summed E-state index contributed by atoms with van der Waals surface area (Å²) in [5, 5.41) is 0.873. The van der Waals surface area contributed by atoms with E-state index in [-0.39, 0.29) is 5.56 Å². The lowest BCUT2D eigenvalue weighted by Gasteiger charge is -2.18. The first-order valence-corrected chi connectivity index (χ1v) is 7.92. The molecule has 0 N–H and O–H groups in total. The zero-order valence-electron chi connectivity index (χ0n) is 11.7. The van der Waals surface area contributed by atoms with Crippen molar-refractivity contribution in [1.82, 2.24) is 4.98 Å². The molecule has 0 atom stereocenters. The van der Waals surface area contributed by atoms with Gasteiger partial charge in [0.05, 0.1) is 15.8 Å². The zero-order valence-corrected chi connectivity index (χ0v) is 13.3. The predicted molar refractivity (Wildman–Crippen MR) is 88.4 cm³/mol. The molecular formula is C16H12ClFN2OS. The number of anilines is 1. The molecular weight excluding hydrogens is 323 g/mol. The molecule has 0 aliphatic carbocycles. The normalized spacial score (nSPS) is 10.9. The van der Waals surface area contributed by atoms with Crippen LogP contribution in [0.25, 0.3) is 10.2 Å². The monoisotopic (exact) mass is 334 g/mol. The Labute approximate surface area is 136 Å². The van der Waals surface area contributed by atoms with Gasteiger partial charge in [-0.25, -0.2) is 9.37 Å². The largest absolute Gasteiger partial charge is 0.284 e. The second-order valence-electron chi connectivity index (χ2n) is 4.64. The van der Waals surface area contributed by atoms with Gasteiger partial charge in [-0.3, -0.25) is 9.69 Å². The molecule has 0 aliphatic heterocycles. The molecule has 0 fully saturated rings. The van der Waals surface area contributed by atoms with Crippen molar-refractivity contribution in [2.24, 2.45) is 0 Å². The molecule has 0 spiro atoms. The van der Waals surface area contributed by atoms with E-state index in [0.29, 0.717) is 16.7 Å². The summed E-state index contributed by atoms with van der Waals surface area (Å²) in [6, 6.07) is 11.6. The topological polar surface area (TPSA) is 33.2 Å². The number of para-hydroxylation sites is 1. The molecule has 3 aromatic rings. The molecule has 0 unspecified atom stereocenters. The maximum atomic E-state index is 13.9. The molecule has 0 saturated carbocycles. The molecule has 1 amide bonds. The number of hydrogen-bond acceptors (Lipinski definition) is 3. The third-order valence-electron chi connectivity index (χ3n) is 3.23. The average molecular weight is 335 g/mol. The molecule has 3 rings (SSSR count). The molecule has 112 valence electrons. The highest BCUT2D eigenvalue weighted by Crippen LogP contribution is 2.30. The van der Waals surface area contributed by atoms with E-state index in [4.69, 9.17) is 11.6 Å². The van der Waals surface area contributed by atoms with Gasteiger partial charge in [0.25, 0.3) is 5.91 Å². The molecule has 1 heterocycles. The summed E-state index contributed by atoms with van der Waals surface area (Å²) in [6.07, 6.45) is 0. The number of nitrogens with zero attached hydrogens (tertiary/aromatic N) is 2. The summed E-state index contributed by atoms with van der Waals surface area (Å²) >= 11 is 7.27. The van der Waals surface area contributed by atoms with Crippen molar-refractivity contribution in [3.8, 4) is 0 Å². The number of carbonyl (C=O) groups is 1. The molecule has 0 saturated heterocycles. The van der Waals surface area contributed by atoms with Crippen molar-refractivity contribution in [3.05, 3.63) is 58.9 Å². The Morgan fingerprint density at radius 1 is 1.32 bits per heavy atom. The summed E-state index contributed by atoms with van der Waals surface area (Å²) in [6.45, 7) is 2.22. The number of carbonyl (C=O) groups excluding carboxylic acids is 1. The average Bonchev–Trinajstić information content (AvgIpc) is 2.93. The van der Waals surface area contributed by atoms with E-state index >= 15 is 0 Å². The first-order chi connectivity index (χ1) is 10.6. The number of benzene rings is 2. The molecule has 0 radical (unpaired) electrons. The van der Waals surface area contributed by atoms with E-state index in [2.05, 4.69) is 4.98 Å². The van der Waals surface area contributed by atoms with E-state index in [9.17, 15) is 9.18 Å². The van der Waals surface area contributed by atoms with Crippen molar-refractivity contribution >= 4 is 44.2 Å². The van der Waals surface area contributed by atoms with E-state index in [1.54, 1.807) is 0 Å². The van der Waals surface area contributed by atoms with Gasteiger partial charge in [0.1, 0.15) is 5.82 Å². The zero-order chi connectivity index (χ0) is 15.7. The fraction of sp³-hybridized carbons (Fsp3) is 0.125. The highest BCUT2D eigenvalue weighted by Gasteiger charge is 2.22. The minimum absolute atomic E-state index is 0.0476. The second-order valence-corrected chi connectivity index (χ2v) is 6.08. The van der Waals surface area contributed by atoms with Crippen LogP contribution in [-0.2, 0) is 0 Å². The maximum absolute atomic E-state index is 13.9. The fourth-order valence-electron chi connectivity index (χ4n) is 2.15. The molecule has 6 heteroatoms. The van der Waals surface area contributed by atoms with E-state index in [0.717, 1.165) is 10.2 Å². The lowest BCUT2D eigenvalue weighted by atomic mass is 10.2. The number of fused-ring (bicyclic) bond motifs is 1. The van der Waals surface area contributed by atoms with Gasteiger partial charge in [0.2, 0.25) is 0 Å². The van der Waals surface area contributed by atoms with Gasteiger partial charge in [-0.05, 0) is 37.3 Å². The van der Waals surface area contributed by atoms with Crippen LogP contribution in [0.1, 0.15) is 17.3 Å². The Morgan fingerprint density at radius 2 is 2.09 bits per heavy atom. The third kappa shape index (κ3) is 2.69. The van der Waals surface area contributed by atoms with Crippen LogP contribution in [0.3, 0.4) is 0 Å². The maximum Gasteiger partial charge on any atom is 0.263 e. The van der Waals surface area contributed by atoms with Crippen LogP contribution >= 0.6 is 22.9 Å². The van der Waals surface area contributed by atoms with Gasteiger partial charge in [0, 0.05) is 11.6 Å². The number of thiazole rings is 1. The van der Waals surface area contributed by atoms with Gasteiger partial charge >= 0.3 is 0 Å². The Bertz CT molecular complexity index is 816. The van der Waals surface area contributed by atoms with Crippen LogP contribution in [0, 0.1) is 5.82 Å². The molecule has 22 heavy (non-hydrogen) atoms. The van der Waals surface area contributed by atoms with Crippen LogP contribution in [0.15, 0.2) is 42.5 Å². The van der Waals surface area contributed by atoms with Crippen molar-refractivity contribution in [1.29, 1.82) is 0 Å².